The lowest BCUT2D eigenvalue weighted by atomic mass is 10.1. The molecule has 136 valence electrons. The number of methoxy groups -OCH3 is 2. The third-order valence-corrected chi connectivity index (χ3v) is 5.17. The van der Waals surface area contributed by atoms with Gasteiger partial charge >= 0.3 is 0 Å². The Balaban J connectivity index is 2.00. The maximum Gasteiger partial charge on any atom is 0.244 e. The summed E-state index contributed by atoms with van der Waals surface area (Å²) in [4.78, 5) is 0.0600. The Morgan fingerprint density at radius 3 is 2.44 bits per heavy atom. The predicted molar refractivity (Wildman–Crippen MR) is 96.0 cm³/mol. The summed E-state index contributed by atoms with van der Waals surface area (Å²) in [5.41, 5.74) is 1.09. The molecule has 2 aromatic carbocycles. The van der Waals surface area contributed by atoms with Gasteiger partial charge in [0.2, 0.25) is 10.0 Å². The molecule has 1 N–H and O–H groups in total. The van der Waals surface area contributed by atoms with E-state index < -0.39 is 10.0 Å². The number of ether oxygens (including phenoxy) is 3. The zero-order chi connectivity index (χ0) is 18.3. The fourth-order valence-corrected chi connectivity index (χ4v) is 3.51. The Morgan fingerprint density at radius 1 is 1.00 bits per heavy atom. The molecule has 0 saturated heterocycles. The van der Waals surface area contributed by atoms with Crippen LogP contribution < -0.4 is 18.9 Å². The predicted octanol–water partition coefficient (Wildman–Crippen LogP) is 2.62. The van der Waals surface area contributed by atoms with Crippen LogP contribution in [-0.2, 0) is 16.4 Å². The second kappa shape index (κ2) is 8.73. The summed E-state index contributed by atoms with van der Waals surface area (Å²) in [7, 11) is -0.787. The molecule has 25 heavy (non-hydrogen) atoms. The van der Waals surface area contributed by atoms with Crippen LogP contribution in [0.4, 0.5) is 0 Å². The molecule has 2 aromatic rings. The van der Waals surface area contributed by atoms with E-state index in [2.05, 4.69) is 4.72 Å². The quantitative estimate of drug-likeness (QED) is 0.692. The molecule has 0 radical (unpaired) electrons. The highest BCUT2D eigenvalue weighted by Gasteiger charge is 2.19. The molecule has 0 fully saturated rings. The number of rotatable bonds is 9. The standard InChI is InChI=1S/C18H23NO5S/c1-4-14-7-5-6-8-16(14)24-12-11-19-25(20,21)18-10-9-15(22-2)13-17(18)23-3/h5-10,13,19H,4,11-12H2,1-3H3. The number of hydrogen-bond acceptors (Lipinski definition) is 5. The van der Waals surface area contributed by atoms with Crippen molar-refractivity contribution in [3.8, 4) is 17.2 Å². The second-order valence-corrected chi connectivity index (χ2v) is 6.96. The highest BCUT2D eigenvalue weighted by atomic mass is 32.2. The summed E-state index contributed by atoms with van der Waals surface area (Å²) in [6.07, 6.45) is 0.852. The van der Waals surface area contributed by atoms with Crippen molar-refractivity contribution >= 4 is 10.0 Å². The van der Waals surface area contributed by atoms with Gasteiger partial charge in [-0.05, 0) is 30.2 Å². The molecule has 0 amide bonds. The van der Waals surface area contributed by atoms with Crippen molar-refractivity contribution in [1.29, 1.82) is 0 Å². The lowest BCUT2D eigenvalue weighted by molar-refractivity contribution is 0.319. The van der Waals surface area contributed by atoms with Crippen LogP contribution in [0.1, 0.15) is 12.5 Å². The minimum Gasteiger partial charge on any atom is -0.497 e. The van der Waals surface area contributed by atoms with Gasteiger partial charge in [-0.15, -0.1) is 0 Å². The third kappa shape index (κ3) is 4.87. The van der Waals surface area contributed by atoms with Crippen molar-refractivity contribution in [1.82, 2.24) is 4.72 Å². The molecule has 0 saturated carbocycles. The smallest absolute Gasteiger partial charge is 0.244 e. The van der Waals surface area contributed by atoms with E-state index in [0.717, 1.165) is 17.7 Å². The molecule has 0 bridgehead atoms. The van der Waals surface area contributed by atoms with Gasteiger partial charge in [-0.1, -0.05) is 25.1 Å². The Morgan fingerprint density at radius 2 is 1.76 bits per heavy atom. The molecule has 0 spiro atoms. The molecule has 0 heterocycles. The average Bonchev–Trinajstić information content (AvgIpc) is 2.64. The molecular formula is C18H23NO5S. The largest absolute Gasteiger partial charge is 0.497 e. The van der Waals surface area contributed by atoms with Gasteiger partial charge in [0.1, 0.15) is 28.8 Å². The maximum absolute atomic E-state index is 12.5. The molecule has 2 rings (SSSR count). The average molecular weight is 365 g/mol. The highest BCUT2D eigenvalue weighted by Crippen LogP contribution is 2.28. The van der Waals surface area contributed by atoms with Crippen molar-refractivity contribution in [2.75, 3.05) is 27.4 Å². The maximum atomic E-state index is 12.5. The Bertz CT molecular complexity index is 805. The van der Waals surface area contributed by atoms with Gasteiger partial charge in [-0.25, -0.2) is 13.1 Å². The van der Waals surface area contributed by atoms with E-state index in [-0.39, 0.29) is 23.8 Å². The fraction of sp³-hybridized carbons (Fsp3) is 0.333. The Hall–Kier alpha value is -2.25. The van der Waals surface area contributed by atoms with Crippen molar-refractivity contribution in [2.45, 2.75) is 18.2 Å². The third-order valence-electron chi connectivity index (χ3n) is 3.67. The van der Waals surface area contributed by atoms with Gasteiger partial charge in [0.15, 0.2) is 0 Å². The summed E-state index contributed by atoms with van der Waals surface area (Å²) in [5.74, 6) is 1.52. The first-order chi connectivity index (χ1) is 12.0. The van der Waals surface area contributed by atoms with Crippen LogP contribution in [0.2, 0.25) is 0 Å². The molecular weight excluding hydrogens is 342 g/mol. The first-order valence-electron chi connectivity index (χ1n) is 7.94. The lowest BCUT2D eigenvalue weighted by Gasteiger charge is -2.13. The zero-order valence-electron chi connectivity index (χ0n) is 14.6. The van der Waals surface area contributed by atoms with Gasteiger partial charge < -0.3 is 14.2 Å². The van der Waals surface area contributed by atoms with Crippen molar-refractivity contribution in [2.24, 2.45) is 0 Å². The number of sulfonamides is 1. The minimum atomic E-state index is -3.71. The number of hydrogen-bond donors (Lipinski definition) is 1. The molecule has 0 aromatic heterocycles. The van der Waals surface area contributed by atoms with E-state index in [1.54, 1.807) is 6.07 Å². The minimum absolute atomic E-state index is 0.0600. The number of nitrogens with one attached hydrogen (secondary N) is 1. The van der Waals surface area contributed by atoms with Gasteiger partial charge in [-0.3, -0.25) is 0 Å². The highest BCUT2D eigenvalue weighted by molar-refractivity contribution is 7.89. The molecule has 0 atom stereocenters. The SMILES string of the molecule is CCc1ccccc1OCCNS(=O)(=O)c1ccc(OC)cc1OC. The van der Waals surface area contributed by atoms with Crippen LogP contribution in [-0.4, -0.2) is 35.8 Å². The van der Waals surface area contributed by atoms with Crippen LogP contribution in [0.15, 0.2) is 47.4 Å². The molecule has 7 heteroatoms. The van der Waals surface area contributed by atoms with E-state index in [4.69, 9.17) is 14.2 Å². The van der Waals surface area contributed by atoms with Gasteiger partial charge in [0, 0.05) is 12.6 Å². The zero-order valence-corrected chi connectivity index (χ0v) is 15.4. The first kappa shape index (κ1) is 19.1. The number of para-hydroxylation sites is 1. The Labute approximate surface area is 148 Å². The molecule has 0 unspecified atom stereocenters. The van der Waals surface area contributed by atoms with Crippen LogP contribution in [0.25, 0.3) is 0 Å². The summed E-state index contributed by atoms with van der Waals surface area (Å²) < 4.78 is 43.3. The van der Waals surface area contributed by atoms with Crippen LogP contribution in [0, 0.1) is 0 Å². The Kier molecular flexibility index (Phi) is 6.66. The van der Waals surface area contributed by atoms with Crippen molar-refractivity contribution in [3.63, 3.8) is 0 Å². The van der Waals surface area contributed by atoms with E-state index >= 15 is 0 Å². The number of benzene rings is 2. The fourth-order valence-electron chi connectivity index (χ4n) is 2.35. The topological polar surface area (TPSA) is 73.9 Å². The summed E-state index contributed by atoms with van der Waals surface area (Å²) in [6, 6.07) is 12.3. The van der Waals surface area contributed by atoms with Gasteiger partial charge in [0.05, 0.1) is 14.2 Å². The molecule has 0 aliphatic carbocycles. The van der Waals surface area contributed by atoms with Crippen LogP contribution >= 0.6 is 0 Å². The van der Waals surface area contributed by atoms with Crippen LogP contribution in [0.3, 0.4) is 0 Å². The van der Waals surface area contributed by atoms with E-state index in [1.165, 1.54) is 26.4 Å². The monoisotopic (exact) mass is 365 g/mol. The summed E-state index contributed by atoms with van der Waals surface area (Å²) in [5, 5.41) is 0. The molecule has 0 aliphatic heterocycles. The van der Waals surface area contributed by atoms with E-state index in [9.17, 15) is 8.42 Å². The normalized spacial score (nSPS) is 11.2. The molecule has 6 nitrogen and oxygen atoms in total. The van der Waals surface area contributed by atoms with Gasteiger partial charge in [-0.2, -0.15) is 0 Å². The number of aryl methyl sites for hydroxylation is 1. The van der Waals surface area contributed by atoms with Gasteiger partial charge in [0.25, 0.3) is 0 Å². The summed E-state index contributed by atoms with van der Waals surface area (Å²) >= 11 is 0. The van der Waals surface area contributed by atoms with E-state index in [0.29, 0.717) is 5.75 Å². The van der Waals surface area contributed by atoms with Crippen molar-refractivity contribution in [3.05, 3.63) is 48.0 Å². The van der Waals surface area contributed by atoms with E-state index in [1.807, 2.05) is 31.2 Å². The van der Waals surface area contributed by atoms with Crippen molar-refractivity contribution < 1.29 is 22.6 Å². The molecule has 0 aliphatic rings. The second-order valence-electron chi connectivity index (χ2n) is 5.22. The van der Waals surface area contributed by atoms with Crippen LogP contribution in [0.5, 0.6) is 17.2 Å². The lowest BCUT2D eigenvalue weighted by Crippen LogP contribution is -2.28. The summed E-state index contributed by atoms with van der Waals surface area (Å²) in [6.45, 7) is 2.42. The first-order valence-corrected chi connectivity index (χ1v) is 9.42.